The van der Waals surface area contributed by atoms with Crippen molar-refractivity contribution in [2.75, 3.05) is 0 Å². The van der Waals surface area contributed by atoms with Gasteiger partial charge in [-0.1, -0.05) is 74.5 Å². The molecule has 3 atom stereocenters. The van der Waals surface area contributed by atoms with E-state index in [1.54, 1.807) is 0 Å². The van der Waals surface area contributed by atoms with Crippen molar-refractivity contribution in [3.8, 4) is 0 Å². The molecule has 3 nitrogen and oxygen atoms in total. The van der Waals surface area contributed by atoms with E-state index in [1.165, 1.54) is 67.2 Å². The first kappa shape index (κ1) is 28.7. The summed E-state index contributed by atoms with van der Waals surface area (Å²) in [6.07, 6.45) is 7.51. The van der Waals surface area contributed by atoms with E-state index < -0.39 is 33.8 Å². The second-order valence-corrected chi connectivity index (χ2v) is 28.4. The van der Waals surface area contributed by atoms with E-state index in [0.29, 0.717) is 11.5 Å². The van der Waals surface area contributed by atoms with Crippen LogP contribution in [0.25, 0.3) is 0 Å². The lowest BCUT2D eigenvalue weighted by atomic mass is 10.1. The molecule has 7 heteroatoms. The van der Waals surface area contributed by atoms with Gasteiger partial charge < -0.3 is 12.3 Å². The molecule has 0 spiro atoms. The molecule has 2 rings (SSSR count). The summed E-state index contributed by atoms with van der Waals surface area (Å²) in [6, 6.07) is 10.6. The van der Waals surface area contributed by atoms with Crippen molar-refractivity contribution in [1.29, 1.82) is 0 Å². The molecule has 188 valence electrons. The van der Waals surface area contributed by atoms with Crippen molar-refractivity contribution >= 4 is 33.8 Å². The third-order valence-corrected chi connectivity index (χ3v) is 31.4. The summed E-state index contributed by atoms with van der Waals surface area (Å²) in [5.74, 6) is 1.33. The fourth-order valence-corrected chi connectivity index (χ4v) is 28.0. The summed E-state index contributed by atoms with van der Waals surface area (Å²) < 4.78 is 23.1. The summed E-state index contributed by atoms with van der Waals surface area (Å²) in [5.41, 5.74) is 0.488. The van der Waals surface area contributed by atoms with Gasteiger partial charge in [-0.2, -0.15) is 0 Å². The van der Waals surface area contributed by atoms with Crippen molar-refractivity contribution in [3.63, 3.8) is 0 Å². The molecule has 0 N–H and O–H groups in total. The summed E-state index contributed by atoms with van der Waals surface area (Å²) in [6.45, 7) is 21.3. The average Bonchev–Trinajstić information content (AvgIpc) is 3.49. The van der Waals surface area contributed by atoms with E-state index in [1.807, 2.05) is 0 Å². The molecule has 0 radical (unpaired) electrons. The van der Waals surface area contributed by atoms with Gasteiger partial charge in [-0.25, -0.2) is 0 Å². The van der Waals surface area contributed by atoms with Crippen molar-refractivity contribution in [3.05, 3.63) is 12.2 Å². The molecule has 2 aliphatic rings. The molecule has 0 saturated heterocycles. The van der Waals surface area contributed by atoms with Gasteiger partial charge in [0.15, 0.2) is 25.0 Å². The van der Waals surface area contributed by atoms with Crippen LogP contribution in [0.3, 0.4) is 0 Å². The lowest BCUT2D eigenvalue weighted by molar-refractivity contribution is 0.215. The van der Waals surface area contributed by atoms with Gasteiger partial charge in [0.05, 0.1) is 0 Å². The van der Waals surface area contributed by atoms with E-state index in [-0.39, 0.29) is 0 Å². The number of fused-ring (bicyclic) bond motifs is 2. The summed E-state index contributed by atoms with van der Waals surface area (Å²) >= 11 is 0. The Kier molecular flexibility index (Phi) is 10.7. The van der Waals surface area contributed by atoms with E-state index in [0.717, 1.165) is 5.92 Å². The molecule has 0 aromatic heterocycles. The zero-order chi connectivity index (χ0) is 24.0. The zero-order valence-electron chi connectivity index (χ0n) is 22.9. The molecule has 1 saturated carbocycles. The third-order valence-electron chi connectivity index (χ3n) is 9.61. The average molecular weight is 515 g/mol. The van der Waals surface area contributed by atoms with Gasteiger partial charge in [0.2, 0.25) is 0 Å². The predicted molar refractivity (Wildman–Crippen MR) is 150 cm³/mol. The Bertz CT molecular complexity index is 520. The maximum absolute atomic E-state index is 7.70. The molecule has 3 unspecified atom stereocenters. The van der Waals surface area contributed by atoms with Gasteiger partial charge in [-0.15, -0.1) is 0 Å². The first-order valence-electron chi connectivity index (χ1n) is 14.0. The highest BCUT2D eigenvalue weighted by atomic mass is 28.5. The van der Waals surface area contributed by atoms with Crippen molar-refractivity contribution in [2.24, 2.45) is 11.8 Å². The predicted octanol–water partition coefficient (Wildman–Crippen LogP) is 8.96. The number of rotatable bonds is 16. The molecule has 0 aliphatic heterocycles. The molecule has 2 bridgehead atoms. The van der Waals surface area contributed by atoms with E-state index in [2.05, 4.69) is 74.5 Å². The molecule has 0 aromatic rings. The number of hydrogen-bond acceptors (Lipinski definition) is 3. The largest absolute Gasteiger partial charge is 0.473 e. The smallest absolute Gasteiger partial charge is 0.416 e. The fraction of sp³-hybridized carbons (Fsp3) is 0.920. The minimum absolute atomic E-state index is 0.488. The molecular weight excluding hydrogens is 461 g/mol. The fourth-order valence-electron chi connectivity index (χ4n) is 6.28. The highest BCUT2D eigenvalue weighted by molar-refractivity contribution is 6.92. The van der Waals surface area contributed by atoms with E-state index in [9.17, 15) is 0 Å². The van der Waals surface area contributed by atoms with Crippen LogP contribution in [0.15, 0.2) is 12.2 Å². The number of hydrogen-bond donors (Lipinski definition) is 0. The lowest BCUT2D eigenvalue weighted by Gasteiger charge is -2.51. The Morgan fingerprint density at radius 2 is 0.875 bits per heavy atom. The van der Waals surface area contributed by atoms with Crippen LogP contribution in [0, 0.1) is 11.8 Å². The minimum atomic E-state index is -2.88. The third kappa shape index (κ3) is 5.65. The van der Waals surface area contributed by atoms with Gasteiger partial charge in [0.1, 0.15) is 0 Å². The van der Waals surface area contributed by atoms with Crippen molar-refractivity contribution < 1.29 is 12.3 Å². The topological polar surface area (TPSA) is 27.7 Å². The van der Waals surface area contributed by atoms with Crippen LogP contribution < -0.4 is 0 Å². The lowest BCUT2D eigenvalue weighted by Crippen LogP contribution is -2.66. The van der Waals surface area contributed by atoms with Crippen LogP contribution in [0.2, 0.25) is 59.9 Å². The van der Waals surface area contributed by atoms with Crippen LogP contribution in [0.4, 0.5) is 0 Å². The monoisotopic (exact) mass is 514 g/mol. The van der Waals surface area contributed by atoms with Gasteiger partial charge in [0, 0.05) is 5.54 Å². The summed E-state index contributed by atoms with van der Waals surface area (Å²) in [5, 5.41) is 0. The van der Waals surface area contributed by atoms with Crippen molar-refractivity contribution in [2.45, 2.75) is 135 Å². The molecular formula is C25H54O3Si4. The second kappa shape index (κ2) is 12.0. The second-order valence-electron chi connectivity index (χ2n) is 10.5. The van der Waals surface area contributed by atoms with Crippen LogP contribution in [-0.2, 0) is 12.3 Å². The van der Waals surface area contributed by atoms with Crippen LogP contribution >= 0.6 is 0 Å². The summed E-state index contributed by atoms with van der Waals surface area (Å²) in [4.78, 5) is 0. The Morgan fingerprint density at radius 1 is 0.531 bits per heavy atom. The van der Waals surface area contributed by atoms with E-state index >= 15 is 0 Å². The SMILES string of the molecule is CC[Si](CC)(CC)O[Si](O[Si](CC)(CC)CC)(O[Si](CC)(CC)CC)C1CC2C=CC1C2. The van der Waals surface area contributed by atoms with Crippen LogP contribution in [0.5, 0.6) is 0 Å². The van der Waals surface area contributed by atoms with E-state index in [4.69, 9.17) is 12.3 Å². The standard InChI is InChI=1S/C25H54O3Si4/c1-10-29(11-2,12-3)26-32(27-30(13-4,14-5)15-6,28-31(16-7,17-8)18-9)25-22-23-19-20-24(25)21-23/h19-20,23-25H,10-18,21-22H2,1-9H3. The molecule has 0 amide bonds. The van der Waals surface area contributed by atoms with Gasteiger partial charge in [0.25, 0.3) is 0 Å². The Morgan fingerprint density at radius 3 is 1.09 bits per heavy atom. The quantitative estimate of drug-likeness (QED) is 0.152. The normalized spacial score (nSPS) is 24.0. The molecule has 32 heavy (non-hydrogen) atoms. The highest BCUT2D eigenvalue weighted by Gasteiger charge is 2.63. The highest BCUT2D eigenvalue weighted by Crippen LogP contribution is 2.55. The Labute approximate surface area is 204 Å². The maximum atomic E-state index is 7.70. The zero-order valence-corrected chi connectivity index (χ0v) is 26.9. The Balaban J connectivity index is 2.68. The molecule has 0 heterocycles. The van der Waals surface area contributed by atoms with Crippen LogP contribution in [0.1, 0.15) is 75.2 Å². The maximum Gasteiger partial charge on any atom is 0.473 e. The number of allylic oxidation sites excluding steroid dienone is 2. The summed E-state index contributed by atoms with van der Waals surface area (Å²) in [7, 11) is -8.55. The van der Waals surface area contributed by atoms with Crippen molar-refractivity contribution in [1.82, 2.24) is 0 Å². The Hall–Kier alpha value is 0.488. The van der Waals surface area contributed by atoms with Gasteiger partial charge in [-0.05, 0) is 79.1 Å². The first-order valence-corrected chi connectivity index (χ1v) is 23.4. The molecule has 0 aromatic carbocycles. The first-order chi connectivity index (χ1) is 15.2. The minimum Gasteiger partial charge on any atom is -0.416 e. The molecule has 1 fully saturated rings. The van der Waals surface area contributed by atoms with Gasteiger partial charge >= 0.3 is 8.80 Å². The van der Waals surface area contributed by atoms with Crippen LogP contribution in [-0.4, -0.2) is 33.8 Å². The molecule has 2 aliphatic carbocycles. The van der Waals surface area contributed by atoms with Gasteiger partial charge in [-0.3, -0.25) is 0 Å².